The topological polar surface area (TPSA) is 21.3 Å². The molecule has 0 atom stereocenters. The molecule has 19 heavy (non-hydrogen) atoms. The van der Waals surface area contributed by atoms with Gasteiger partial charge in [0.25, 0.3) is 0 Å². The molecule has 0 spiro atoms. The van der Waals surface area contributed by atoms with Crippen LogP contribution in [0.3, 0.4) is 0 Å². The van der Waals surface area contributed by atoms with Gasteiger partial charge in [-0.25, -0.2) is 8.78 Å². The molecule has 0 heterocycles. The Balaban J connectivity index is 2.76. The second-order valence-corrected chi connectivity index (χ2v) is 5.29. The summed E-state index contributed by atoms with van der Waals surface area (Å²) in [6, 6.07) is 2.54. The number of halogens is 2. The van der Waals surface area contributed by atoms with E-state index in [0.717, 1.165) is 0 Å². The van der Waals surface area contributed by atoms with Gasteiger partial charge in [-0.2, -0.15) is 0 Å². The second-order valence-electron chi connectivity index (χ2n) is 5.29. The van der Waals surface area contributed by atoms with E-state index in [-0.39, 0.29) is 17.9 Å². The standard InChI is InChI=1S/C15H19F2NO/c1-5-6-7-19-14-12(16)8-11(9-13(14)17)10-18-15(2,3)4/h1,8-9,18H,6-7,10H2,2-4H3. The van der Waals surface area contributed by atoms with Crippen LogP contribution >= 0.6 is 0 Å². The third kappa shape index (κ3) is 5.27. The van der Waals surface area contributed by atoms with E-state index < -0.39 is 11.6 Å². The fourth-order valence-electron chi connectivity index (χ4n) is 1.43. The van der Waals surface area contributed by atoms with E-state index in [1.165, 1.54) is 12.1 Å². The number of rotatable bonds is 5. The van der Waals surface area contributed by atoms with Gasteiger partial charge in [-0.3, -0.25) is 0 Å². The molecule has 1 aromatic carbocycles. The van der Waals surface area contributed by atoms with E-state index in [4.69, 9.17) is 11.2 Å². The lowest BCUT2D eigenvalue weighted by atomic mass is 10.1. The molecule has 1 N–H and O–H groups in total. The molecule has 0 aliphatic heterocycles. The summed E-state index contributed by atoms with van der Waals surface area (Å²) in [6.45, 7) is 6.44. The highest BCUT2D eigenvalue weighted by atomic mass is 19.1. The molecule has 0 unspecified atom stereocenters. The molecule has 0 aliphatic carbocycles. The van der Waals surface area contributed by atoms with Gasteiger partial charge in [0.1, 0.15) is 0 Å². The zero-order chi connectivity index (χ0) is 14.5. The molecule has 0 radical (unpaired) electrons. The van der Waals surface area contributed by atoms with Gasteiger partial charge in [0.2, 0.25) is 0 Å². The maximum absolute atomic E-state index is 13.7. The molecule has 0 fully saturated rings. The molecule has 2 nitrogen and oxygen atoms in total. The van der Waals surface area contributed by atoms with Gasteiger partial charge in [-0.1, -0.05) is 0 Å². The van der Waals surface area contributed by atoms with Gasteiger partial charge >= 0.3 is 0 Å². The Labute approximate surface area is 113 Å². The lowest BCUT2D eigenvalue weighted by molar-refractivity contribution is 0.292. The molecule has 0 saturated carbocycles. The quantitative estimate of drug-likeness (QED) is 0.653. The van der Waals surface area contributed by atoms with Crippen molar-refractivity contribution in [3.8, 4) is 18.1 Å². The van der Waals surface area contributed by atoms with Gasteiger partial charge in [0.05, 0.1) is 6.61 Å². The van der Waals surface area contributed by atoms with Gasteiger partial charge in [-0.05, 0) is 38.5 Å². The number of benzene rings is 1. The third-order valence-electron chi connectivity index (χ3n) is 2.37. The van der Waals surface area contributed by atoms with Crippen molar-refractivity contribution in [1.29, 1.82) is 0 Å². The van der Waals surface area contributed by atoms with Crippen molar-refractivity contribution >= 4 is 0 Å². The smallest absolute Gasteiger partial charge is 0.190 e. The van der Waals surface area contributed by atoms with Crippen LogP contribution in [-0.4, -0.2) is 12.1 Å². The van der Waals surface area contributed by atoms with E-state index in [2.05, 4.69) is 11.2 Å². The number of hydrogen-bond acceptors (Lipinski definition) is 2. The van der Waals surface area contributed by atoms with Gasteiger partial charge in [-0.15, -0.1) is 12.3 Å². The molecule has 104 valence electrons. The van der Waals surface area contributed by atoms with E-state index in [0.29, 0.717) is 18.5 Å². The SMILES string of the molecule is C#CCCOc1c(F)cc(CNC(C)(C)C)cc1F. The van der Waals surface area contributed by atoms with Crippen LogP contribution < -0.4 is 10.1 Å². The number of hydrogen-bond donors (Lipinski definition) is 1. The van der Waals surface area contributed by atoms with Crippen molar-refractivity contribution in [2.45, 2.75) is 39.3 Å². The van der Waals surface area contributed by atoms with Crippen LogP contribution in [-0.2, 0) is 6.54 Å². The molecule has 1 rings (SSSR count). The van der Waals surface area contributed by atoms with E-state index >= 15 is 0 Å². The second kappa shape index (κ2) is 6.53. The summed E-state index contributed by atoms with van der Waals surface area (Å²) < 4.78 is 32.4. The first-order valence-corrected chi connectivity index (χ1v) is 6.12. The predicted molar refractivity (Wildman–Crippen MR) is 71.9 cm³/mol. The molecule has 4 heteroatoms. The lowest BCUT2D eigenvalue weighted by Crippen LogP contribution is -2.35. The molecule has 0 saturated heterocycles. The minimum absolute atomic E-state index is 0.101. The summed E-state index contributed by atoms with van der Waals surface area (Å²) in [7, 11) is 0. The average Bonchev–Trinajstić information content (AvgIpc) is 2.29. The highest BCUT2D eigenvalue weighted by Crippen LogP contribution is 2.23. The lowest BCUT2D eigenvalue weighted by Gasteiger charge is -2.20. The predicted octanol–water partition coefficient (Wildman–Crippen LogP) is 3.26. The Bertz CT molecular complexity index is 449. The first-order valence-electron chi connectivity index (χ1n) is 6.12. The first kappa shape index (κ1) is 15.5. The Kier molecular flexibility index (Phi) is 5.31. The maximum Gasteiger partial charge on any atom is 0.190 e. The normalized spacial score (nSPS) is 11.2. The van der Waals surface area contributed by atoms with Crippen LogP contribution in [0.1, 0.15) is 32.8 Å². The van der Waals surface area contributed by atoms with Crippen molar-refractivity contribution in [2.75, 3.05) is 6.61 Å². The molecule has 0 bridgehead atoms. The fourth-order valence-corrected chi connectivity index (χ4v) is 1.43. The van der Waals surface area contributed by atoms with Gasteiger partial charge < -0.3 is 10.1 Å². The monoisotopic (exact) mass is 267 g/mol. The fraction of sp³-hybridized carbons (Fsp3) is 0.467. The minimum Gasteiger partial charge on any atom is -0.487 e. The first-order chi connectivity index (χ1) is 8.83. The van der Waals surface area contributed by atoms with Gasteiger partial charge in [0.15, 0.2) is 17.4 Å². The summed E-state index contributed by atoms with van der Waals surface area (Å²) in [5.41, 5.74) is 0.420. The minimum atomic E-state index is -0.706. The zero-order valence-corrected chi connectivity index (χ0v) is 11.5. The highest BCUT2D eigenvalue weighted by Gasteiger charge is 2.14. The largest absolute Gasteiger partial charge is 0.487 e. The highest BCUT2D eigenvalue weighted by molar-refractivity contribution is 5.31. The van der Waals surface area contributed by atoms with Gasteiger partial charge in [0, 0.05) is 18.5 Å². The zero-order valence-electron chi connectivity index (χ0n) is 11.5. The summed E-state index contributed by atoms with van der Waals surface area (Å²) in [5, 5.41) is 3.16. The van der Waals surface area contributed by atoms with Crippen LogP contribution in [0.25, 0.3) is 0 Å². The average molecular weight is 267 g/mol. The van der Waals surface area contributed by atoms with Crippen LogP contribution in [0.2, 0.25) is 0 Å². The van der Waals surface area contributed by atoms with Crippen molar-refractivity contribution in [1.82, 2.24) is 5.32 Å². The van der Waals surface area contributed by atoms with Crippen LogP contribution in [0.15, 0.2) is 12.1 Å². The van der Waals surface area contributed by atoms with Crippen molar-refractivity contribution < 1.29 is 13.5 Å². The number of terminal acetylenes is 1. The van der Waals surface area contributed by atoms with E-state index in [1.807, 2.05) is 20.8 Å². The molecule has 0 aromatic heterocycles. The van der Waals surface area contributed by atoms with Crippen LogP contribution in [0.5, 0.6) is 5.75 Å². The Morgan fingerprint density at radius 3 is 2.32 bits per heavy atom. The van der Waals surface area contributed by atoms with Crippen LogP contribution in [0, 0.1) is 24.0 Å². The Hall–Kier alpha value is -1.60. The molecule has 1 aromatic rings. The van der Waals surface area contributed by atoms with Crippen LogP contribution in [0.4, 0.5) is 8.78 Å². The van der Waals surface area contributed by atoms with E-state index in [9.17, 15) is 8.78 Å². The molecular weight excluding hydrogens is 248 g/mol. The molecule has 0 aliphatic rings. The van der Waals surface area contributed by atoms with Crippen molar-refractivity contribution in [3.63, 3.8) is 0 Å². The molecule has 0 amide bonds. The summed E-state index contributed by atoms with van der Waals surface area (Å²) in [4.78, 5) is 0. The van der Waals surface area contributed by atoms with Crippen molar-refractivity contribution in [2.24, 2.45) is 0 Å². The summed E-state index contributed by atoms with van der Waals surface area (Å²) in [6.07, 6.45) is 5.36. The number of nitrogens with one attached hydrogen (secondary N) is 1. The Morgan fingerprint density at radius 1 is 1.26 bits per heavy atom. The van der Waals surface area contributed by atoms with E-state index in [1.54, 1.807) is 0 Å². The summed E-state index contributed by atoms with van der Waals surface area (Å²) >= 11 is 0. The molecular formula is C15H19F2NO. The third-order valence-corrected chi connectivity index (χ3v) is 2.37. The summed E-state index contributed by atoms with van der Waals surface area (Å²) in [5.74, 6) is 0.568. The maximum atomic E-state index is 13.7. The number of ether oxygens (including phenoxy) is 1. The van der Waals surface area contributed by atoms with Crippen molar-refractivity contribution in [3.05, 3.63) is 29.3 Å². The Morgan fingerprint density at radius 2 is 1.84 bits per heavy atom.